The Labute approximate surface area is 158 Å². The maximum atomic E-state index is 12.2. The van der Waals surface area contributed by atoms with Gasteiger partial charge in [0.25, 0.3) is 5.69 Å². The molecule has 2 aromatic carbocycles. The first-order chi connectivity index (χ1) is 12.3. The molecule has 0 saturated carbocycles. The summed E-state index contributed by atoms with van der Waals surface area (Å²) in [5, 5.41) is 13.9. The van der Waals surface area contributed by atoms with Gasteiger partial charge < -0.3 is 5.32 Å². The fraction of sp³-hybridized carbons (Fsp3) is 0.350. The molecule has 1 N–H and O–H groups in total. The van der Waals surface area contributed by atoms with E-state index in [-0.39, 0.29) is 22.9 Å². The zero-order valence-electron chi connectivity index (χ0n) is 15.5. The Morgan fingerprint density at radius 2 is 1.85 bits per heavy atom. The Morgan fingerprint density at radius 3 is 2.50 bits per heavy atom. The van der Waals surface area contributed by atoms with Crippen molar-refractivity contribution < 1.29 is 9.72 Å². The highest BCUT2D eigenvalue weighted by atomic mass is 32.2. The summed E-state index contributed by atoms with van der Waals surface area (Å²) >= 11 is 1.47. The van der Waals surface area contributed by atoms with Crippen LogP contribution in [0.25, 0.3) is 0 Å². The zero-order chi connectivity index (χ0) is 19.3. The Morgan fingerprint density at radius 1 is 1.12 bits per heavy atom. The van der Waals surface area contributed by atoms with Crippen LogP contribution < -0.4 is 5.32 Å². The zero-order valence-corrected chi connectivity index (χ0v) is 16.3. The van der Waals surface area contributed by atoms with Crippen molar-refractivity contribution in [3.8, 4) is 0 Å². The highest BCUT2D eigenvalue weighted by molar-refractivity contribution is 8.00. The third-order valence-corrected chi connectivity index (χ3v) is 5.62. The van der Waals surface area contributed by atoms with Crippen LogP contribution in [0, 0.1) is 24.0 Å². The van der Waals surface area contributed by atoms with Crippen LogP contribution in [0.5, 0.6) is 0 Å². The Balaban J connectivity index is 1.90. The largest absolute Gasteiger partial charge is 0.349 e. The van der Waals surface area contributed by atoms with Crippen molar-refractivity contribution in [2.45, 2.75) is 39.0 Å². The predicted octanol–water partition coefficient (Wildman–Crippen LogP) is 4.88. The molecule has 0 heterocycles. The van der Waals surface area contributed by atoms with E-state index in [1.165, 1.54) is 29.0 Å². The molecule has 6 heteroatoms. The van der Waals surface area contributed by atoms with Crippen molar-refractivity contribution in [1.82, 2.24) is 5.32 Å². The lowest BCUT2D eigenvalue weighted by atomic mass is 10.0. The molecule has 0 aliphatic carbocycles. The third kappa shape index (κ3) is 5.33. The first-order valence-corrected chi connectivity index (χ1v) is 9.55. The summed E-state index contributed by atoms with van der Waals surface area (Å²) in [5.41, 5.74) is 4.44. The fourth-order valence-electron chi connectivity index (χ4n) is 2.59. The topological polar surface area (TPSA) is 72.2 Å². The van der Waals surface area contributed by atoms with Gasteiger partial charge in [-0.1, -0.05) is 30.3 Å². The number of benzene rings is 2. The minimum absolute atomic E-state index is 0.00224. The van der Waals surface area contributed by atoms with E-state index in [0.717, 1.165) is 11.1 Å². The van der Waals surface area contributed by atoms with E-state index in [1.807, 2.05) is 26.0 Å². The summed E-state index contributed by atoms with van der Waals surface area (Å²) in [6.45, 7) is 8.04. The van der Waals surface area contributed by atoms with E-state index in [1.54, 1.807) is 12.1 Å². The Hall–Kier alpha value is -2.34. The minimum atomic E-state index is -0.404. The van der Waals surface area contributed by atoms with Crippen molar-refractivity contribution in [2.24, 2.45) is 0 Å². The van der Waals surface area contributed by atoms with Crippen molar-refractivity contribution in [1.29, 1.82) is 0 Å². The number of non-ortho nitro benzene ring substituents is 1. The van der Waals surface area contributed by atoms with Crippen molar-refractivity contribution in [2.75, 3.05) is 5.75 Å². The lowest BCUT2D eigenvalue weighted by molar-refractivity contribution is -0.384. The molecule has 5 nitrogen and oxygen atoms in total. The maximum Gasteiger partial charge on any atom is 0.269 e. The number of hydrogen-bond acceptors (Lipinski definition) is 4. The highest BCUT2D eigenvalue weighted by Gasteiger charge is 2.15. The van der Waals surface area contributed by atoms with Gasteiger partial charge in [-0.2, -0.15) is 0 Å². The molecule has 0 saturated heterocycles. The maximum absolute atomic E-state index is 12.2. The Kier molecular flexibility index (Phi) is 6.80. The molecule has 0 spiro atoms. The summed E-state index contributed by atoms with van der Waals surface area (Å²) < 4.78 is 0. The standard InChI is InChI=1S/C20H24N2O3S/c1-13-8-9-17(10-14(13)2)15(3)21-20(23)12-26-16(4)18-6-5-7-19(11-18)22(24)25/h5-11,15-16H,12H2,1-4H3,(H,21,23)/t15-,16+/m0/s1. The second kappa shape index (κ2) is 8.85. The van der Waals surface area contributed by atoms with Crippen molar-refractivity contribution in [3.05, 3.63) is 74.8 Å². The molecule has 0 bridgehead atoms. The van der Waals surface area contributed by atoms with Gasteiger partial charge in [-0.3, -0.25) is 14.9 Å². The van der Waals surface area contributed by atoms with Crippen molar-refractivity contribution in [3.63, 3.8) is 0 Å². The van der Waals surface area contributed by atoms with Crippen LogP contribution >= 0.6 is 11.8 Å². The first kappa shape index (κ1) is 20.0. The van der Waals surface area contributed by atoms with Gasteiger partial charge in [-0.25, -0.2) is 0 Å². The lowest BCUT2D eigenvalue weighted by Crippen LogP contribution is -2.28. The monoisotopic (exact) mass is 372 g/mol. The normalized spacial score (nSPS) is 13.1. The van der Waals surface area contributed by atoms with Crippen LogP contribution in [-0.2, 0) is 4.79 Å². The molecule has 0 aliphatic heterocycles. The van der Waals surface area contributed by atoms with Crippen LogP contribution in [0.3, 0.4) is 0 Å². The molecule has 2 atom stereocenters. The van der Waals surface area contributed by atoms with Gasteiger partial charge in [0.15, 0.2) is 0 Å². The van der Waals surface area contributed by atoms with E-state index in [2.05, 4.69) is 31.3 Å². The summed E-state index contributed by atoms with van der Waals surface area (Å²) in [5.74, 6) is 0.261. The van der Waals surface area contributed by atoms with Gasteiger partial charge in [0.2, 0.25) is 5.91 Å². The lowest BCUT2D eigenvalue weighted by Gasteiger charge is -2.17. The van der Waals surface area contributed by atoms with E-state index in [0.29, 0.717) is 5.75 Å². The number of nitro groups is 1. The van der Waals surface area contributed by atoms with E-state index in [9.17, 15) is 14.9 Å². The molecular weight excluding hydrogens is 348 g/mol. The molecule has 1 amide bonds. The first-order valence-electron chi connectivity index (χ1n) is 8.50. The number of nitrogens with one attached hydrogen (secondary N) is 1. The van der Waals surface area contributed by atoms with Gasteiger partial charge in [0.1, 0.15) is 0 Å². The molecule has 0 fully saturated rings. The average Bonchev–Trinajstić information content (AvgIpc) is 2.62. The van der Waals surface area contributed by atoms with Gasteiger partial charge in [0.05, 0.1) is 16.7 Å². The summed E-state index contributed by atoms with van der Waals surface area (Å²) in [7, 11) is 0. The number of nitrogens with zero attached hydrogens (tertiary/aromatic N) is 1. The molecule has 2 rings (SSSR count). The van der Waals surface area contributed by atoms with Crippen LogP contribution in [-0.4, -0.2) is 16.6 Å². The number of amides is 1. The fourth-order valence-corrected chi connectivity index (χ4v) is 3.41. The van der Waals surface area contributed by atoms with Crippen LogP contribution in [0.4, 0.5) is 5.69 Å². The number of aryl methyl sites for hydroxylation is 2. The van der Waals surface area contributed by atoms with Crippen LogP contribution in [0.2, 0.25) is 0 Å². The van der Waals surface area contributed by atoms with Crippen LogP contribution in [0.1, 0.15) is 47.4 Å². The molecule has 138 valence electrons. The number of carbonyl (C=O) groups excluding carboxylic acids is 1. The summed E-state index contributed by atoms with van der Waals surface area (Å²) in [6.07, 6.45) is 0. The SMILES string of the molecule is Cc1ccc([C@H](C)NC(=O)CS[C@H](C)c2cccc([N+](=O)[O-])c2)cc1C. The molecule has 0 aliphatic rings. The number of carbonyl (C=O) groups is 1. The second-order valence-corrected chi connectivity index (χ2v) is 7.77. The molecule has 0 unspecified atom stereocenters. The molecular formula is C20H24N2O3S. The highest BCUT2D eigenvalue weighted by Crippen LogP contribution is 2.30. The van der Waals surface area contributed by atoms with E-state index < -0.39 is 4.92 Å². The molecule has 0 aromatic heterocycles. The number of thioether (sulfide) groups is 1. The summed E-state index contributed by atoms with van der Waals surface area (Å²) in [4.78, 5) is 22.7. The molecule has 26 heavy (non-hydrogen) atoms. The quantitative estimate of drug-likeness (QED) is 0.555. The van der Waals surface area contributed by atoms with E-state index >= 15 is 0 Å². The van der Waals surface area contributed by atoms with Crippen LogP contribution in [0.15, 0.2) is 42.5 Å². The second-order valence-electron chi connectivity index (χ2n) is 6.44. The average molecular weight is 372 g/mol. The number of hydrogen-bond donors (Lipinski definition) is 1. The van der Waals surface area contributed by atoms with Gasteiger partial charge in [-0.05, 0) is 49.9 Å². The van der Waals surface area contributed by atoms with Gasteiger partial charge in [-0.15, -0.1) is 11.8 Å². The smallest absolute Gasteiger partial charge is 0.269 e. The molecule has 0 radical (unpaired) electrons. The third-order valence-electron chi connectivity index (χ3n) is 4.42. The summed E-state index contributed by atoms with van der Waals surface area (Å²) in [6, 6.07) is 12.7. The van der Waals surface area contributed by atoms with E-state index in [4.69, 9.17) is 0 Å². The number of nitro benzene ring substituents is 1. The van der Waals surface area contributed by atoms with Gasteiger partial charge in [0, 0.05) is 17.4 Å². The molecule has 2 aromatic rings. The Bertz CT molecular complexity index is 807. The van der Waals surface area contributed by atoms with Crippen molar-refractivity contribution >= 4 is 23.4 Å². The van der Waals surface area contributed by atoms with Gasteiger partial charge >= 0.3 is 0 Å². The number of rotatable bonds is 7. The predicted molar refractivity (Wildman–Crippen MR) is 106 cm³/mol. The minimum Gasteiger partial charge on any atom is -0.349 e.